The molecule has 3 aromatic heterocycles. The molecule has 1 N–H and O–H groups in total. The molecule has 11 nitrogen and oxygen atoms in total. The summed E-state index contributed by atoms with van der Waals surface area (Å²) in [5.41, 5.74) is 1.14. The lowest BCUT2D eigenvalue weighted by molar-refractivity contribution is 0.0556. The maximum atomic E-state index is 13.6. The number of ether oxygens (including phenoxy) is 1. The SMILES string of the molecule is CCOc1ccc2[nH]c(=O)c([C@@H](c3nnnn3C3CCCCC3)N3CCN(C(=O)c4ccco4)CC3)cc2c1. The number of piperazine rings is 1. The number of aromatic amines is 1. The minimum Gasteiger partial charge on any atom is -0.494 e. The molecule has 2 aliphatic rings. The topological polar surface area (TPSA) is 122 Å². The van der Waals surface area contributed by atoms with Crippen LogP contribution in [0.1, 0.15) is 73.1 Å². The summed E-state index contributed by atoms with van der Waals surface area (Å²) < 4.78 is 13.0. The highest BCUT2D eigenvalue weighted by Crippen LogP contribution is 2.34. The van der Waals surface area contributed by atoms with E-state index >= 15 is 0 Å². The molecule has 1 saturated carbocycles. The minimum absolute atomic E-state index is 0.129. The number of hydrogen-bond donors (Lipinski definition) is 1. The number of nitrogens with one attached hydrogen (secondary N) is 1. The van der Waals surface area contributed by atoms with Gasteiger partial charge in [-0.25, -0.2) is 4.68 Å². The highest BCUT2D eigenvalue weighted by molar-refractivity contribution is 5.91. The van der Waals surface area contributed by atoms with E-state index in [4.69, 9.17) is 9.15 Å². The van der Waals surface area contributed by atoms with Gasteiger partial charge in [-0.1, -0.05) is 19.3 Å². The number of pyridine rings is 1. The second-order valence-electron chi connectivity index (χ2n) is 10.2. The summed E-state index contributed by atoms with van der Waals surface area (Å²) >= 11 is 0. The van der Waals surface area contributed by atoms with Gasteiger partial charge in [0.1, 0.15) is 11.8 Å². The van der Waals surface area contributed by atoms with Gasteiger partial charge >= 0.3 is 0 Å². The van der Waals surface area contributed by atoms with Gasteiger partial charge in [-0.15, -0.1) is 5.10 Å². The Morgan fingerprint density at radius 3 is 2.69 bits per heavy atom. The van der Waals surface area contributed by atoms with Crippen molar-refractivity contribution in [3.05, 3.63) is 70.2 Å². The molecule has 204 valence electrons. The first-order chi connectivity index (χ1) is 19.1. The average molecular weight is 532 g/mol. The molecule has 6 rings (SSSR count). The molecule has 39 heavy (non-hydrogen) atoms. The first-order valence-electron chi connectivity index (χ1n) is 13.8. The smallest absolute Gasteiger partial charge is 0.289 e. The lowest BCUT2D eigenvalue weighted by atomic mass is 9.95. The highest BCUT2D eigenvalue weighted by atomic mass is 16.5. The molecule has 1 aliphatic carbocycles. The predicted molar refractivity (Wildman–Crippen MR) is 144 cm³/mol. The van der Waals surface area contributed by atoms with Crippen LogP contribution in [0.3, 0.4) is 0 Å². The molecule has 1 saturated heterocycles. The lowest BCUT2D eigenvalue weighted by Crippen LogP contribution is -2.51. The summed E-state index contributed by atoms with van der Waals surface area (Å²) in [6, 6.07) is 10.7. The molecule has 0 bridgehead atoms. The van der Waals surface area contributed by atoms with Crippen molar-refractivity contribution in [2.24, 2.45) is 0 Å². The van der Waals surface area contributed by atoms with Gasteiger partial charge in [0.25, 0.3) is 11.5 Å². The monoisotopic (exact) mass is 531 g/mol. The number of tetrazole rings is 1. The Balaban J connectivity index is 1.37. The van der Waals surface area contributed by atoms with Gasteiger partial charge in [0.05, 0.1) is 18.9 Å². The Morgan fingerprint density at radius 1 is 1.13 bits per heavy atom. The van der Waals surface area contributed by atoms with Gasteiger partial charge in [-0.3, -0.25) is 14.5 Å². The molecule has 0 radical (unpaired) electrons. The summed E-state index contributed by atoms with van der Waals surface area (Å²) in [5, 5.41) is 13.9. The molecule has 1 aliphatic heterocycles. The van der Waals surface area contributed by atoms with Gasteiger partial charge < -0.3 is 19.0 Å². The average Bonchev–Trinajstić information content (AvgIpc) is 3.68. The normalized spacial score (nSPS) is 17.9. The number of carbonyl (C=O) groups is 1. The van der Waals surface area contributed by atoms with E-state index in [1.807, 2.05) is 35.9 Å². The first kappa shape index (κ1) is 25.3. The third kappa shape index (κ3) is 5.06. The fraction of sp³-hybridized carbons (Fsp3) is 0.464. The third-order valence-corrected chi connectivity index (χ3v) is 7.83. The van der Waals surface area contributed by atoms with Crippen molar-refractivity contribution in [1.82, 2.24) is 35.0 Å². The van der Waals surface area contributed by atoms with E-state index in [1.165, 1.54) is 12.7 Å². The maximum absolute atomic E-state index is 13.6. The quantitative estimate of drug-likeness (QED) is 0.384. The van der Waals surface area contributed by atoms with E-state index < -0.39 is 6.04 Å². The van der Waals surface area contributed by atoms with Crippen LogP contribution in [-0.4, -0.2) is 73.7 Å². The zero-order valence-corrected chi connectivity index (χ0v) is 22.1. The number of aromatic nitrogens is 5. The molecule has 1 amide bonds. The number of furan rings is 1. The predicted octanol–water partition coefficient (Wildman–Crippen LogP) is 3.56. The number of H-pyrrole nitrogens is 1. The summed E-state index contributed by atoms with van der Waals surface area (Å²) in [6.07, 6.45) is 7.03. The highest BCUT2D eigenvalue weighted by Gasteiger charge is 2.35. The van der Waals surface area contributed by atoms with Gasteiger partial charge in [0, 0.05) is 42.6 Å². The fourth-order valence-corrected chi connectivity index (χ4v) is 5.87. The van der Waals surface area contributed by atoms with Crippen molar-refractivity contribution in [3.63, 3.8) is 0 Å². The standard InChI is InChI=1S/C28H33N7O4/c1-2-38-21-10-11-23-19(17-21)18-22(27(36)29-23)25(26-30-31-32-35(26)20-7-4-3-5-8-20)33-12-14-34(15-13-33)28(37)24-9-6-16-39-24/h6,9-11,16-18,20,25H,2-5,7-8,12-15H2,1H3,(H,29,36)/t25-/m0/s1. The van der Waals surface area contributed by atoms with E-state index in [1.54, 1.807) is 17.0 Å². The molecule has 2 fully saturated rings. The Hall–Kier alpha value is -3.99. The van der Waals surface area contributed by atoms with Gasteiger partial charge in [-0.05, 0) is 66.6 Å². The zero-order chi connectivity index (χ0) is 26.8. The molecule has 1 aromatic carbocycles. The van der Waals surface area contributed by atoms with Crippen LogP contribution in [0.15, 0.2) is 51.9 Å². The van der Waals surface area contributed by atoms with E-state index in [0.717, 1.165) is 42.3 Å². The summed E-state index contributed by atoms with van der Waals surface area (Å²) in [5.74, 6) is 1.61. The molecule has 0 spiro atoms. The second-order valence-corrected chi connectivity index (χ2v) is 10.2. The summed E-state index contributed by atoms with van der Waals surface area (Å²) in [6.45, 7) is 4.62. The van der Waals surface area contributed by atoms with Crippen LogP contribution in [0, 0.1) is 0 Å². The number of hydrogen-bond acceptors (Lipinski definition) is 8. The Labute approximate surface area is 225 Å². The van der Waals surface area contributed by atoms with Crippen molar-refractivity contribution in [3.8, 4) is 5.75 Å². The van der Waals surface area contributed by atoms with Crippen LogP contribution in [0.25, 0.3) is 10.9 Å². The van der Waals surface area contributed by atoms with Crippen LogP contribution in [0.2, 0.25) is 0 Å². The van der Waals surface area contributed by atoms with Gasteiger partial charge in [-0.2, -0.15) is 0 Å². The van der Waals surface area contributed by atoms with E-state index in [9.17, 15) is 9.59 Å². The third-order valence-electron chi connectivity index (χ3n) is 7.83. The Kier molecular flexibility index (Phi) is 7.14. The largest absolute Gasteiger partial charge is 0.494 e. The minimum atomic E-state index is -0.466. The van der Waals surface area contributed by atoms with E-state index in [-0.39, 0.29) is 17.5 Å². The van der Waals surface area contributed by atoms with Crippen molar-refractivity contribution >= 4 is 16.8 Å². The molecule has 0 unspecified atom stereocenters. The number of carbonyl (C=O) groups excluding carboxylic acids is 1. The fourth-order valence-electron chi connectivity index (χ4n) is 5.87. The Morgan fingerprint density at radius 2 is 1.95 bits per heavy atom. The summed E-state index contributed by atoms with van der Waals surface area (Å²) in [7, 11) is 0. The van der Waals surface area contributed by atoms with Crippen molar-refractivity contribution in [2.75, 3.05) is 32.8 Å². The molecule has 4 aromatic rings. The van der Waals surface area contributed by atoms with Gasteiger partial charge in [0.2, 0.25) is 0 Å². The van der Waals surface area contributed by atoms with Gasteiger partial charge in [0.15, 0.2) is 11.6 Å². The Bertz CT molecular complexity index is 1480. The van der Waals surface area contributed by atoms with Crippen LogP contribution in [0.5, 0.6) is 5.75 Å². The van der Waals surface area contributed by atoms with Crippen molar-refractivity contribution in [2.45, 2.75) is 51.1 Å². The molecule has 11 heteroatoms. The summed E-state index contributed by atoms with van der Waals surface area (Å²) in [4.78, 5) is 33.5. The van der Waals surface area contributed by atoms with E-state index in [2.05, 4.69) is 25.4 Å². The second kappa shape index (κ2) is 11.0. The van der Waals surface area contributed by atoms with Crippen molar-refractivity contribution < 1.29 is 13.9 Å². The first-order valence-corrected chi connectivity index (χ1v) is 13.8. The van der Waals surface area contributed by atoms with Crippen LogP contribution < -0.4 is 10.3 Å². The van der Waals surface area contributed by atoms with Crippen LogP contribution in [0.4, 0.5) is 0 Å². The maximum Gasteiger partial charge on any atom is 0.289 e. The number of benzene rings is 1. The molecular formula is C28H33N7O4. The molecular weight excluding hydrogens is 498 g/mol. The molecule has 1 atom stereocenters. The van der Waals surface area contributed by atoms with Crippen LogP contribution >= 0.6 is 0 Å². The van der Waals surface area contributed by atoms with Crippen molar-refractivity contribution in [1.29, 1.82) is 0 Å². The zero-order valence-electron chi connectivity index (χ0n) is 22.1. The van der Waals surface area contributed by atoms with E-state index in [0.29, 0.717) is 49.9 Å². The number of nitrogens with zero attached hydrogens (tertiary/aromatic N) is 6. The lowest BCUT2D eigenvalue weighted by Gasteiger charge is -2.38. The number of fused-ring (bicyclic) bond motifs is 1. The number of rotatable bonds is 7. The number of amides is 1. The van der Waals surface area contributed by atoms with Crippen LogP contribution in [-0.2, 0) is 0 Å². The molecule has 4 heterocycles.